The Labute approximate surface area is 301 Å². The number of anilines is 3. The van der Waals surface area contributed by atoms with Gasteiger partial charge in [0, 0.05) is 34.1 Å². The van der Waals surface area contributed by atoms with Gasteiger partial charge in [0.15, 0.2) is 0 Å². The number of allylic oxidation sites excluding steroid dienone is 12. The molecule has 1 N–H and O–H groups in total. The average Bonchev–Trinajstić information content (AvgIpc) is 3.31. The molecular formula is C49H42N2. The van der Waals surface area contributed by atoms with Crippen molar-refractivity contribution in [3.05, 3.63) is 189 Å². The van der Waals surface area contributed by atoms with Crippen LogP contribution in [0, 0.1) is 5.92 Å². The molecule has 4 aliphatic carbocycles. The van der Waals surface area contributed by atoms with Crippen molar-refractivity contribution in [3.8, 4) is 11.1 Å². The summed E-state index contributed by atoms with van der Waals surface area (Å²) in [6.07, 6.45) is 29.0. The van der Waals surface area contributed by atoms with Crippen LogP contribution in [0.15, 0.2) is 162 Å². The van der Waals surface area contributed by atoms with E-state index in [2.05, 4.69) is 170 Å². The minimum absolute atomic E-state index is 0.0567. The minimum atomic E-state index is -0.0567. The Balaban J connectivity index is 1.07. The van der Waals surface area contributed by atoms with Gasteiger partial charge in [-0.1, -0.05) is 135 Å². The van der Waals surface area contributed by atoms with Gasteiger partial charge in [0.25, 0.3) is 0 Å². The van der Waals surface area contributed by atoms with Crippen molar-refractivity contribution < 1.29 is 0 Å². The molecule has 0 amide bonds. The fraction of sp³-hybridized carbons (Fsp3) is 0.184. The zero-order chi connectivity index (χ0) is 34.1. The fourth-order valence-corrected chi connectivity index (χ4v) is 9.13. The van der Waals surface area contributed by atoms with Crippen LogP contribution in [-0.4, -0.2) is 0 Å². The van der Waals surface area contributed by atoms with Gasteiger partial charge in [-0.25, -0.2) is 0 Å². The topological polar surface area (TPSA) is 15.3 Å². The van der Waals surface area contributed by atoms with Gasteiger partial charge in [0.2, 0.25) is 0 Å². The quantitative estimate of drug-likeness (QED) is 0.236. The van der Waals surface area contributed by atoms with Crippen LogP contribution in [0.4, 0.5) is 17.1 Å². The van der Waals surface area contributed by atoms with Crippen molar-refractivity contribution in [2.24, 2.45) is 5.92 Å². The third kappa shape index (κ3) is 5.00. The van der Waals surface area contributed by atoms with Gasteiger partial charge in [-0.15, -0.1) is 0 Å². The molecule has 2 nitrogen and oxygen atoms in total. The molecule has 0 spiro atoms. The summed E-state index contributed by atoms with van der Waals surface area (Å²) in [7, 11) is 0. The van der Waals surface area contributed by atoms with Gasteiger partial charge in [-0.05, 0) is 118 Å². The van der Waals surface area contributed by atoms with Crippen LogP contribution in [-0.2, 0) is 5.41 Å². The Hall–Kier alpha value is -5.60. The second-order valence-corrected chi connectivity index (χ2v) is 15.2. The second-order valence-electron chi connectivity index (χ2n) is 15.2. The number of nitrogens with one attached hydrogen (secondary N) is 1. The molecule has 0 fully saturated rings. The van der Waals surface area contributed by atoms with E-state index in [0.29, 0.717) is 5.92 Å². The number of fused-ring (bicyclic) bond motifs is 6. The lowest BCUT2D eigenvalue weighted by Gasteiger charge is -2.34. The van der Waals surface area contributed by atoms with Gasteiger partial charge in [0.1, 0.15) is 0 Å². The highest BCUT2D eigenvalue weighted by molar-refractivity contribution is 5.88. The first kappa shape index (κ1) is 30.2. The molecular weight excluding hydrogens is 617 g/mol. The molecule has 2 heteroatoms. The predicted octanol–water partition coefficient (Wildman–Crippen LogP) is 12.8. The molecule has 4 aromatic carbocycles. The van der Waals surface area contributed by atoms with Gasteiger partial charge >= 0.3 is 0 Å². The molecule has 248 valence electrons. The molecule has 0 saturated heterocycles. The van der Waals surface area contributed by atoms with Gasteiger partial charge in [0.05, 0.1) is 5.69 Å². The van der Waals surface area contributed by atoms with Crippen LogP contribution in [0.1, 0.15) is 73.8 Å². The van der Waals surface area contributed by atoms with Crippen LogP contribution in [0.3, 0.4) is 0 Å². The van der Waals surface area contributed by atoms with E-state index in [-0.39, 0.29) is 5.41 Å². The summed E-state index contributed by atoms with van der Waals surface area (Å²) < 4.78 is 0. The maximum Gasteiger partial charge on any atom is 0.0531 e. The maximum absolute atomic E-state index is 3.71. The molecule has 0 radical (unpaired) electrons. The first-order valence-corrected chi connectivity index (χ1v) is 18.7. The number of benzene rings is 4. The molecule has 51 heavy (non-hydrogen) atoms. The normalized spacial score (nSPS) is 20.6. The first-order chi connectivity index (χ1) is 25.0. The number of rotatable bonds is 3. The van der Waals surface area contributed by atoms with Crippen molar-refractivity contribution in [1.29, 1.82) is 0 Å². The summed E-state index contributed by atoms with van der Waals surface area (Å²) in [5, 5.41) is 3.71. The Morgan fingerprint density at radius 3 is 2.49 bits per heavy atom. The van der Waals surface area contributed by atoms with Crippen LogP contribution in [0.25, 0.3) is 28.9 Å². The van der Waals surface area contributed by atoms with Crippen LogP contribution in [0.5, 0.6) is 0 Å². The Bertz CT molecular complexity index is 2400. The third-order valence-electron chi connectivity index (χ3n) is 11.9. The fourth-order valence-electron chi connectivity index (χ4n) is 9.13. The summed E-state index contributed by atoms with van der Waals surface area (Å²) in [4.78, 5) is 2.58. The molecule has 0 aromatic heterocycles. The van der Waals surface area contributed by atoms with E-state index < -0.39 is 0 Å². The Kier molecular flexibility index (Phi) is 6.96. The van der Waals surface area contributed by atoms with Crippen molar-refractivity contribution in [2.75, 3.05) is 10.2 Å². The van der Waals surface area contributed by atoms with Crippen molar-refractivity contribution in [1.82, 2.24) is 0 Å². The molecule has 0 saturated carbocycles. The summed E-state index contributed by atoms with van der Waals surface area (Å²) in [6.45, 7) is 4.77. The molecule has 1 atom stereocenters. The maximum atomic E-state index is 3.71. The highest BCUT2D eigenvalue weighted by Crippen LogP contribution is 2.51. The highest BCUT2D eigenvalue weighted by Gasteiger charge is 2.36. The van der Waals surface area contributed by atoms with E-state index in [1.54, 1.807) is 0 Å². The monoisotopic (exact) mass is 658 g/mol. The molecule has 4 aromatic rings. The zero-order valence-corrected chi connectivity index (χ0v) is 29.4. The van der Waals surface area contributed by atoms with Crippen molar-refractivity contribution in [2.45, 2.75) is 51.4 Å². The first-order valence-electron chi connectivity index (χ1n) is 18.7. The summed E-state index contributed by atoms with van der Waals surface area (Å²) in [5.74, 6) is 0.383. The SMILES string of the molecule is CC1(C)c2ccccc2-c2ccc(N3C4=C(C=Cc5cc(C6=CCCC=C6)ccc53)C=C(C3C=C5C=Cc6ccccc6NC5=CC3)CC4)cc21. The zero-order valence-electron chi connectivity index (χ0n) is 29.4. The van der Waals surface area contributed by atoms with E-state index in [0.717, 1.165) is 32.1 Å². The second kappa shape index (κ2) is 11.7. The molecule has 10 rings (SSSR count). The lowest BCUT2D eigenvalue weighted by molar-refractivity contribution is 0.660. The standard InChI is InChI=1S/C49H42N2/c1-49(2)43-14-8-7-13-41(43)42-24-23-40(31-44(42)49)51-47-26-21-34(32-10-4-3-5-11-32)29-38(47)18-19-39-30-36(22-27-48(39)51)35-20-25-46-37(28-35)17-16-33-12-6-9-15-45(33)50-46/h4,6-19,21,23-26,28-31,35,50H,3,5,20,22,27H2,1-2H3. The van der Waals surface area contributed by atoms with E-state index in [1.807, 2.05) is 0 Å². The Morgan fingerprint density at radius 1 is 0.706 bits per heavy atom. The molecule has 1 unspecified atom stereocenters. The molecule has 6 aliphatic rings. The highest BCUT2D eigenvalue weighted by atomic mass is 15.2. The summed E-state index contributed by atoms with van der Waals surface area (Å²) in [5.41, 5.74) is 21.0. The van der Waals surface area contributed by atoms with E-state index in [4.69, 9.17) is 0 Å². The summed E-state index contributed by atoms with van der Waals surface area (Å²) >= 11 is 0. The van der Waals surface area contributed by atoms with E-state index in [9.17, 15) is 0 Å². The van der Waals surface area contributed by atoms with Crippen LogP contribution < -0.4 is 10.2 Å². The van der Waals surface area contributed by atoms with Crippen molar-refractivity contribution >= 4 is 34.8 Å². The van der Waals surface area contributed by atoms with Crippen LogP contribution in [0.2, 0.25) is 0 Å². The number of nitrogens with zero attached hydrogens (tertiary/aromatic N) is 1. The number of hydrogen-bond donors (Lipinski definition) is 1. The molecule has 0 bridgehead atoms. The number of hydrogen-bond acceptors (Lipinski definition) is 2. The predicted molar refractivity (Wildman–Crippen MR) is 216 cm³/mol. The largest absolute Gasteiger partial charge is 0.355 e. The Morgan fingerprint density at radius 2 is 1.57 bits per heavy atom. The van der Waals surface area contributed by atoms with Gasteiger partial charge in [-0.3, -0.25) is 0 Å². The van der Waals surface area contributed by atoms with Crippen molar-refractivity contribution in [3.63, 3.8) is 0 Å². The summed E-state index contributed by atoms with van der Waals surface area (Å²) in [6, 6.07) is 31.8. The molecule has 2 aliphatic heterocycles. The van der Waals surface area contributed by atoms with Crippen LogP contribution >= 0.6 is 0 Å². The van der Waals surface area contributed by atoms with E-state index in [1.165, 1.54) is 89.7 Å². The smallest absolute Gasteiger partial charge is 0.0531 e. The number of para-hydroxylation sites is 1. The average molecular weight is 659 g/mol. The lowest BCUT2D eigenvalue weighted by Crippen LogP contribution is -2.22. The van der Waals surface area contributed by atoms with E-state index >= 15 is 0 Å². The lowest BCUT2D eigenvalue weighted by atomic mass is 9.81. The van der Waals surface area contributed by atoms with Gasteiger partial charge in [-0.2, -0.15) is 0 Å². The minimum Gasteiger partial charge on any atom is -0.355 e. The van der Waals surface area contributed by atoms with Gasteiger partial charge < -0.3 is 10.2 Å². The third-order valence-corrected chi connectivity index (χ3v) is 11.9. The molecule has 2 heterocycles.